The van der Waals surface area contributed by atoms with Crippen LogP contribution in [0.5, 0.6) is 0 Å². The van der Waals surface area contributed by atoms with E-state index in [0.29, 0.717) is 0 Å². The Morgan fingerprint density at radius 3 is 2.78 bits per heavy atom. The lowest BCUT2D eigenvalue weighted by Gasteiger charge is -2.30. The molecule has 23 heavy (non-hydrogen) atoms. The lowest BCUT2D eigenvalue weighted by Crippen LogP contribution is -2.50. The Hall–Kier alpha value is -1.49. The molecule has 1 fully saturated rings. The van der Waals surface area contributed by atoms with Gasteiger partial charge in [0.25, 0.3) is 5.91 Å². The van der Waals surface area contributed by atoms with Crippen LogP contribution in [0.15, 0.2) is 24.5 Å². The number of carbonyl (C=O) groups is 1. The Balaban J connectivity index is 2.24. The van der Waals surface area contributed by atoms with Crippen LogP contribution >= 0.6 is 7.82 Å². The maximum atomic E-state index is 14.1. The standard InChI is InChI=1S/C11H13F2N2O7P/c12-11(13)8(16)7(5-21-23(18,19)20)22-10(11)15-3-1-2-6(4-15)9(14)17/h1-4,7-8,10,16H,5H2,(H3-,14,17,18,19,20)/p-1/t7-,8?,10-/m1/s1. The Labute approximate surface area is 128 Å². The van der Waals surface area contributed by atoms with E-state index in [0.717, 1.165) is 17.0 Å². The third-order valence-electron chi connectivity index (χ3n) is 3.15. The molecule has 0 bridgehead atoms. The summed E-state index contributed by atoms with van der Waals surface area (Å²) in [5.74, 6) is -4.69. The maximum Gasteiger partial charge on any atom is 0.362 e. The van der Waals surface area contributed by atoms with Crippen LogP contribution in [-0.2, 0) is 13.8 Å². The van der Waals surface area contributed by atoms with Crippen molar-refractivity contribution in [3.05, 3.63) is 30.1 Å². The van der Waals surface area contributed by atoms with Gasteiger partial charge in [-0.2, -0.15) is 13.3 Å². The second-order valence-corrected chi connectivity index (χ2v) is 5.95. The van der Waals surface area contributed by atoms with Crippen molar-refractivity contribution in [2.24, 2.45) is 5.73 Å². The molecule has 9 nitrogen and oxygen atoms in total. The third kappa shape index (κ3) is 3.89. The van der Waals surface area contributed by atoms with Gasteiger partial charge in [0.15, 0.2) is 18.5 Å². The first-order valence-corrected chi connectivity index (χ1v) is 7.67. The summed E-state index contributed by atoms with van der Waals surface area (Å²) < 4.78 is 48.2. The van der Waals surface area contributed by atoms with Crippen molar-refractivity contribution in [1.82, 2.24) is 0 Å². The van der Waals surface area contributed by atoms with Crippen LogP contribution in [0, 0.1) is 0 Å². The van der Waals surface area contributed by atoms with E-state index in [1.54, 1.807) is 0 Å². The quantitative estimate of drug-likeness (QED) is 0.451. The number of phosphoric ester groups is 1. The summed E-state index contributed by atoms with van der Waals surface area (Å²) in [6.07, 6.45) is -4.07. The average molecular weight is 353 g/mol. The zero-order chi connectivity index (χ0) is 17.4. The molecule has 1 aliphatic rings. The molecule has 1 aliphatic heterocycles. The zero-order valence-electron chi connectivity index (χ0n) is 11.4. The second-order valence-electron chi connectivity index (χ2n) is 4.79. The number of halogens is 2. The fourth-order valence-electron chi connectivity index (χ4n) is 2.07. The Morgan fingerprint density at radius 2 is 2.22 bits per heavy atom. The smallest absolute Gasteiger partial charge is 0.362 e. The minimum Gasteiger partial charge on any atom is -0.790 e. The van der Waals surface area contributed by atoms with E-state index in [4.69, 9.17) is 10.5 Å². The van der Waals surface area contributed by atoms with Crippen LogP contribution in [-0.4, -0.2) is 35.8 Å². The highest BCUT2D eigenvalue weighted by Crippen LogP contribution is 2.41. The van der Waals surface area contributed by atoms with Crippen molar-refractivity contribution >= 4 is 13.7 Å². The first-order valence-electron chi connectivity index (χ1n) is 6.21. The number of rotatable bonds is 5. The molecule has 12 heteroatoms. The van der Waals surface area contributed by atoms with Crippen LogP contribution in [0.25, 0.3) is 0 Å². The summed E-state index contributed by atoms with van der Waals surface area (Å²) in [5, 5.41) is 9.57. The number of pyridine rings is 1. The van der Waals surface area contributed by atoms with E-state index in [2.05, 4.69) is 4.52 Å². The van der Waals surface area contributed by atoms with Gasteiger partial charge in [-0.15, -0.1) is 0 Å². The number of aliphatic hydroxyl groups excluding tert-OH is 1. The maximum absolute atomic E-state index is 14.1. The van der Waals surface area contributed by atoms with Gasteiger partial charge in [-0.25, -0.2) is 0 Å². The zero-order valence-corrected chi connectivity index (χ0v) is 12.3. The molecule has 0 aliphatic carbocycles. The van der Waals surface area contributed by atoms with E-state index in [-0.39, 0.29) is 5.56 Å². The van der Waals surface area contributed by atoms with Crippen LogP contribution in [0.3, 0.4) is 0 Å². The van der Waals surface area contributed by atoms with Crippen LogP contribution in [0.1, 0.15) is 16.6 Å². The molecule has 0 spiro atoms. The summed E-state index contributed by atoms with van der Waals surface area (Å²) in [7, 11) is -5.40. The number of carbonyl (C=O) groups excluding carboxylic acids is 1. The number of amides is 1. The number of aromatic nitrogens is 1. The lowest BCUT2D eigenvalue weighted by atomic mass is 10.1. The highest BCUT2D eigenvalue weighted by Gasteiger charge is 2.64. The number of ether oxygens (including phenoxy) is 1. The Morgan fingerprint density at radius 1 is 1.57 bits per heavy atom. The molecule has 128 valence electrons. The molecule has 1 saturated heterocycles. The van der Waals surface area contributed by atoms with E-state index < -0.39 is 44.7 Å². The van der Waals surface area contributed by atoms with Crippen molar-refractivity contribution < 1.29 is 46.9 Å². The van der Waals surface area contributed by atoms with E-state index in [1.165, 1.54) is 12.1 Å². The van der Waals surface area contributed by atoms with Gasteiger partial charge in [0, 0.05) is 6.07 Å². The van der Waals surface area contributed by atoms with Crippen molar-refractivity contribution in [3.8, 4) is 0 Å². The average Bonchev–Trinajstić information content (AvgIpc) is 2.67. The molecule has 2 rings (SSSR count). The SMILES string of the molecule is NC(=O)c1ccc[n+]([C@@H]2O[C@H](COP(=O)([O-])[O-])C(O)C2(F)F)c1. The minimum absolute atomic E-state index is 0.0790. The molecule has 2 heterocycles. The van der Waals surface area contributed by atoms with Gasteiger partial charge >= 0.3 is 12.2 Å². The van der Waals surface area contributed by atoms with Gasteiger partial charge in [0.2, 0.25) is 0 Å². The van der Waals surface area contributed by atoms with Gasteiger partial charge in [-0.3, -0.25) is 4.79 Å². The number of aliphatic hydroxyl groups is 1. The van der Waals surface area contributed by atoms with Crippen molar-refractivity contribution in [2.75, 3.05) is 6.61 Å². The van der Waals surface area contributed by atoms with Crippen LogP contribution in [0.2, 0.25) is 0 Å². The first kappa shape index (κ1) is 17.9. The monoisotopic (exact) mass is 353 g/mol. The van der Waals surface area contributed by atoms with Gasteiger partial charge < -0.3 is 34.5 Å². The molecule has 0 saturated carbocycles. The van der Waals surface area contributed by atoms with Gasteiger partial charge in [0.1, 0.15) is 11.7 Å². The summed E-state index contributed by atoms with van der Waals surface area (Å²) in [6, 6.07) is 2.55. The number of hydrogen-bond donors (Lipinski definition) is 2. The molecular formula is C11H12F2N2O7P-. The molecule has 1 unspecified atom stereocenters. The molecule has 3 N–H and O–H groups in total. The lowest BCUT2D eigenvalue weighted by molar-refractivity contribution is -0.775. The van der Waals surface area contributed by atoms with Crippen LogP contribution in [0.4, 0.5) is 8.78 Å². The minimum atomic E-state index is -5.40. The number of nitrogens with zero attached hydrogens (tertiary/aromatic N) is 1. The molecule has 3 atom stereocenters. The van der Waals surface area contributed by atoms with Gasteiger partial charge in [-0.05, 0) is 6.07 Å². The second kappa shape index (κ2) is 6.19. The number of primary amides is 1. The Kier molecular flexibility index (Phi) is 4.81. The summed E-state index contributed by atoms with van der Waals surface area (Å²) in [4.78, 5) is 31.9. The summed E-state index contributed by atoms with van der Waals surface area (Å²) >= 11 is 0. The number of alkyl halides is 2. The first-order chi connectivity index (χ1) is 10.5. The van der Waals surface area contributed by atoms with Crippen LogP contribution < -0.4 is 20.1 Å². The van der Waals surface area contributed by atoms with Crippen molar-refractivity contribution in [2.45, 2.75) is 24.4 Å². The van der Waals surface area contributed by atoms with Gasteiger partial charge in [-0.1, -0.05) is 0 Å². The predicted octanol–water partition coefficient (Wildman–Crippen LogP) is -2.19. The van der Waals surface area contributed by atoms with E-state index >= 15 is 0 Å². The summed E-state index contributed by atoms with van der Waals surface area (Å²) in [6.45, 7) is -1.06. The molecule has 1 aromatic rings. The van der Waals surface area contributed by atoms with Gasteiger partial charge in [0.05, 0.1) is 14.4 Å². The highest BCUT2D eigenvalue weighted by molar-refractivity contribution is 7.43. The number of hydrogen-bond acceptors (Lipinski definition) is 7. The summed E-state index contributed by atoms with van der Waals surface area (Å²) in [5.41, 5.74) is 4.97. The molecule has 1 aromatic heterocycles. The predicted molar refractivity (Wildman–Crippen MR) is 63.6 cm³/mol. The molecule has 0 aromatic carbocycles. The Bertz CT molecular complexity index is 653. The number of phosphoric acid groups is 1. The molecule has 1 amide bonds. The molecular weight excluding hydrogens is 341 g/mol. The fourth-order valence-corrected chi connectivity index (χ4v) is 2.40. The highest BCUT2D eigenvalue weighted by atomic mass is 31.2. The third-order valence-corrected chi connectivity index (χ3v) is 3.62. The largest absolute Gasteiger partial charge is 0.790 e. The van der Waals surface area contributed by atoms with E-state index in [1.807, 2.05) is 0 Å². The van der Waals surface area contributed by atoms with E-state index in [9.17, 15) is 33.0 Å². The number of nitrogens with two attached hydrogens (primary N) is 1. The topological polar surface area (TPSA) is 149 Å². The fraction of sp³-hybridized carbons (Fsp3) is 0.455. The molecule has 0 radical (unpaired) electrons. The van der Waals surface area contributed by atoms with Crippen molar-refractivity contribution in [1.29, 1.82) is 0 Å². The van der Waals surface area contributed by atoms with Crippen molar-refractivity contribution in [3.63, 3.8) is 0 Å². The normalized spacial score (nSPS) is 27.1.